The zero-order chi connectivity index (χ0) is 15.6. The molecule has 108 valence electrons. The highest BCUT2D eigenvalue weighted by molar-refractivity contribution is 7.92. The van der Waals surface area contributed by atoms with Crippen LogP contribution in [0.2, 0.25) is 5.15 Å². The lowest BCUT2D eigenvalue weighted by Crippen LogP contribution is -2.15. The number of rotatable bonds is 3. The summed E-state index contributed by atoms with van der Waals surface area (Å²) in [5.41, 5.74) is 6.87. The van der Waals surface area contributed by atoms with Crippen molar-refractivity contribution < 1.29 is 8.42 Å². The molecule has 1 aromatic carbocycles. The number of halogens is 1. The molecular weight excluding hydrogens is 312 g/mol. The first kappa shape index (κ1) is 15.1. The van der Waals surface area contributed by atoms with E-state index in [2.05, 4.69) is 9.71 Å². The number of hydrogen-bond donors (Lipinski definition) is 2. The number of nitrogens with one attached hydrogen (secondary N) is 1. The van der Waals surface area contributed by atoms with Crippen LogP contribution >= 0.6 is 11.6 Å². The summed E-state index contributed by atoms with van der Waals surface area (Å²) in [4.78, 5) is 3.74. The van der Waals surface area contributed by atoms with E-state index in [-0.39, 0.29) is 27.0 Å². The summed E-state index contributed by atoms with van der Waals surface area (Å²) < 4.78 is 27.0. The molecule has 1 heterocycles. The highest BCUT2D eigenvalue weighted by Crippen LogP contribution is 2.26. The summed E-state index contributed by atoms with van der Waals surface area (Å²) in [5.74, 6) is 0. The van der Waals surface area contributed by atoms with Crippen molar-refractivity contribution in [2.75, 3.05) is 10.5 Å². The molecule has 0 saturated carbocycles. The Labute approximate surface area is 127 Å². The van der Waals surface area contributed by atoms with Gasteiger partial charge >= 0.3 is 0 Å². The lowest BCUT2D eigenvalue weighted by Gasteiger charge is -2.11. The SMILES string of the molecule is Cc1cnc(Cl)c(NS(=O)(=O)c2ccc(C#N)cc2N)c1. The second-order valence-electron chi connectivity index (χ2n) is 4.32. The first-order valence-corrected chi connectivity index (χ1v) is 7.64. The smallest absolute Gasteiger partial charge is 0.264 e. The number of hydrogen-bond acceptors (Lipinski definition) is 5. The average molecular weight is 323 g/mol. The predicted molar refractivity (Wildman–Crippen MR) is 80.4 cm³/mol. The second kappa shape index (κ2) is 5.60. The van der Waals surface area contributed by atoms with Crippen LogP contribution in [0.15, 0.2) is 35.4 Å². The third kappa shape index (κ3) is 3.24. The van der Waals surface area contributed by atoms with E-state index in [0.717, 1.165) is 5.56 Å². The summed E-state index contributed by atoms with van der Waals surface area (Å²) in [6.07, 6.45) is 1.52. The minimum Gasteiger partial charge on any atom is -0.398 e. The van der Waals surface area contributed by atoms with Crippen LogP contribution in [-0.4, -0.2) is 13.4 Å². The maximum absolute atomic E-state index is 12.3. The number of benzene rings is 1. The Kier molecular flexibility index (Phi) is 4.02. The monoisotopic (exact) mass is 322 g/mol. The van der Waals surface area contributed by atoms with E-state index in [1.165, 1.54) is 24.4 Å². The van der Waals surface area contributed by atoms with Gasteiger partial charge in [-0.15, -0.1) is 0 Å². The van der Waals surface area contributed by atoms with Crippen LogP contribution in [0.25, 0.3) is 0 Å². The predicted octanol–water partition coefficient (Wildman–Crippen LogP) is 2.30. The van der Waals surface area contributed by atoms with E-state index in [9.17, 15) is 8.42 Å². The molecule has 0 spiro atoms. The van der Waals surface area contributed by atoms with Gasteiger partial charge in [0.15, 0.2) is 5.15 Å². The number of nitriles is 1. The van der Waals surface area contributed by atoms with Crippen LogP contribution in [-0.2, 0) is 10.0 Å². The Morgan fingerprint density at radius 3 is 2.71 bits per heavy atom. The van der Waals surface area contributed by atoms with E-state index in [1.54, 1.807) is 13.0 Å². The number of pyridine rings is 1. The van der Waals surface area contributed by atoms with Crippen LogP contribution in [0.5, 0.6) is 0 Å². The zero-order valence-electron chi connectivity index (χ0n) is 11.0. The van der Waals surface area contributed by atoms with Crippen molar-refractivity contribution in [2.45, 2.75) is 11.8 Å². The lowest BCUT2D eigenvalue weighted by molar-refractivity contribution is 0.601. The Morgan fingerprint density at radius 2 is 2.10 bits per heavy atom. The van der Waals surface area contributed by atoms with E-state index in [1.807, 2.05) is 6.07 Å². The van der Waals surface area contributed by atoms with Gasteiger partial charge in [-0.3, -0.25) is 4.72 Å². The standard InChI is InChI=1S/C13H11ClN4O2S/c1-8-4-11(13(14)17-7-8)18-21(19,20)12-3-2-9(6-15)5-10(12)16/h2-5,7,18H,16H2,1H3. The zero-order valence-corrected chi connectivity index (χ0v) is 12.5. The summed E-state index contributed by atoms with van der Waals surface area (Å²) in [6, 6.07) is 7.39. The normalized spacial score (nSPS) is 10.9. The quantitative estimate of drug-likeness (QED) is 0.665. The van der Waals surface area contributed by atoms with Gasteiger partial charge in [-0.1, -0.05) is 11.6 Å². The fourth-order valence-electron chi connectivity index (χ4n) is 1.69. The number of sulfonamides is 1. The second-order valence-corrected chi connectivity index (χ2v) is 6.33. The average Bonchev–Trinajstić information content (AvgIpc) is 2.42. The maximum Gasteiger partial charge on any atom is 0.264 e. The molecule has 0 aliphatic rings. The molecule has 0 atom stereocenters. The van der Waals surface area contributed by atoms with Gasteiger partial charge in [0, 0.05) is 6.20 Å². The molecule has 6 nitrogen and oxygen atoms in total. The van der Waals surface area contributed by atoms with Crippen LogP contribution in [0.1, 0.15) is 11.1 Å². The molecule has 0 fully saturated rings. The summed E-state index contributed by atoms with van der Waals surface area (Å²) in [5, 5.41) is 8.80. The van der Waals surface area contributed by atoms with Crippen LogP contribution in [0.3, 0.4) is 0 Å². The summed E-state index contributed by atoms with van der Waals surface area (Å²) >= 11 is 5.86. The number of aryl methyl sites for hydroxylation is 1. The van der Waals surface area contributed by atoms with Gasteiger partial charge in [-0.2, -0.15) is 5.26 Å². The molecule has 0 aliphatic heterocycles. The van der Waals surface area contributed by atoms with Gasteiger partial charge < -0.3 is 5.73 Å². The van der Waals surface area contributed by atoms with Crippen molar-refractivity contribution in [1.82, 2.24) is 4.98 Å². The molecule has 1 aromatic heterocycles. The minimum atomic E-state index is -3.92. The molecular formula is C13H11ClN4O2S. The minimum absolute atomic E-state index is 0.0155. The molecule has 2 aromatic rings. The van der Waals surface area contributed by atoms with Gasteiger partial charge in [-0.25, -0.2) is 13.4 Å². The first-order chi connectivity index (χ1) is 9.83. The molecule has 0 radical (unpaired) electrons. The molecule has 0 unspecified atom stereocenters. The Balaban J connectivity index is 2.44. The third-order valence-electron chi connectivity index (χ3n) is 2.65. The Bertz CT molecular complexity index is 844. The number of nitrogens with two attached hydrogens (primary N) is 1. The van der Waals surface area contributed by atoms with Crippen molar-refractivity contribution in [3.63, 3.8) is 0 Å². The van der Waals surface area contributed by atoms with Gasteiger partial charge in [0.05, 0.1) is 23.0 Å². The molecule has 21 heavy (non-hydrogen) atoms. The molecule has 8 heteroatoms. The Hall–Kier alpha value is -2.30. The summed E-state index contributed by atoms with van der Waals surface area (Å²) in [7, 11) is -3.92. The first-order valence-electron chi connectivity index (χ1n) is 5.78. The number of anilines is 2. The van der Waals surface area contributed by atoms with Crippen molar-refractivity contribution in [3.05, 3.63) is 46.7 Å². The fraction of sp³-hybridized carbons (Fsp3) is 0.0769. The van der Waals surface area contributed by atoms with Gasteiger partial charge in [0.2, 0.25) is 0 Å². The van der Waals surface area contributed by atoms with Crippen LogP contribution in [0.4, 0.5) is 11.4 Å². The lowest BCUT2D eigenvalue weighted by atomic mass is 10.2. The van der Waals surface area contributed by atoms with Crippen LogP contribution < -0.4 is 10.5 Å². The topological polar surface area (TPSA) is 109 Å². The molecule has 0 bridgehead atoms. The van der Waals surface area contributed by atoms with E-state index >= 15 is 0 Å². The van der Waals surface area contributed by atoms with E-state index in [0.29, 0.717) is 0 Å². The van der Waals surface area contributed by atoms with Gasteiger partial charge in [0.1, 0.15) is 4.90 Å². The number of nitrogens with zero attached hydrogens (tertiary/aromatic N) is 2. The van der Waals surface area contributed by atoms with Crippen LogP contribution in [0, 0.1) is 18.3 Å². The largest absolute Gasteiger partial charge is 0.398 e. The summed E-state index contributed by atoms with van der Waals surface area (Å²) in [6.45, 7) is 1.76. The van der Waals surface area contributed by atoms with Gasteiger partial charge in [-0.05, 0) is 36.8 Å². The highest BCUT2D eigenvalue weighted by atomic mass is 35.5. The molecule has 3 N–H and O–H groups in total. The molecule has 0 aliphatic carbocycles. The van der Waals surface area contributed by atoms with Crippen molar-refractivity contribution >= 4 is 33.0 Å². The van der Waals surface area contributed by atoms with Crippen molar-refractivity contribution in [1.29, 1.82) is 5.26 Å². The van der Waals surface area contributed by atoms with Crippen molar-refractivity contribution in [2.24, 2.45) is 0 Å². The fourth-order valence-corrected chi connectivity index (χ4v) is 3.06. The van der Waals surface area contributed by atoms with Crippen molar-refractivity contribution in [3.8, 4) is 6.07 Å². The maximum atomic E-state index is 12.3. The van der Waals surface area contributed by atoms with E-state index in [4.69, 9.17) is 22.6 Å². The van der Waals surface area contributed by atoms with Gasteiger partial charge in [0.25, 0.3) is 10.0 Å². The molecule has 0 saturated heterocycles. The van der Waals surface area contributed by atoms with E-state index < -0.39 is 10.0 Å². The number of aromatic nitrogens is 1. The number of nitrogen functional groups attached to an aromatic ring is 1. The Morgan fingerprint density at radius 1 is 1.38 bits per heavy atom. The highest BCUT2D eigenvalue weighted by Gasteiger charge is 2.19. The third-order valence-corrected chi connectivity index (χ3v) is 4.39. The molecule has 0 amide bonds. The molecule has 2 rings (SSSR count).